The van der Waals surface area contributed by atoms with Gasteiger partial charge in [-0.15, -0.1) is 11.3 Å². The Bertz CT molecular complexity index is 1200. The van der Waals surface area contributed by atoms with Gasteiger partial charge < -0.3 is 24.4 Å². The van der Waals surface area contributed by atoms with Crippen molar-refractivity contribution in [3.63, 3.8) is 0 Å². The SMILES string of the molecule is CC1(C)Cc2c(c(N3CCOCC3)nc3sc4c(N5CCN(CCO)CC5)ncnc4c23)CO1. The Morgan fingerprint density at radius 2 is 1.76 bits per heavy atom. The molecule has 0 saturated carbocycles. The molecule has 0 spiro atoms. The number of morpholine rings is 1. The maximum absolute atomic E-state index is 9.27. The summed E-state index contributed by atoms with van der Waals surface area (Å²) in [5, 5.41) is 10.4. The molecule has 6 heterocycles. The highest BCUT2D eigenvalue weighted by molar-refractivity contribution is 7.26. The fraction of sp³-hybridized carbons (Fsp3) is 0.625. The van der Waals surface area contributed by atoms with Crippen LogP contribution in [0.25, 0.3) is 20.4 Å². The topological polar surface area (TPSA) is 87.1 Å². The van der Waals surface area contributed by atoms with Crippen LogP contribution in [0.1, 0.15) is 25.0 Å². The number of hydrogen-bond donors (Lipinski definition) is 1. The Morgan fingerprint density at radius 3 is 2.53 bits per heavy atom. The van der Waals surface area contributed by atoms with Crippen LogP contribution < -0.4 is 9.80 Å². The van der Waals surface area contributed by atoms with E-state index in [9.17, 15) is 5.11 Å². The van der Waals surface area contributed by atoms with Gasteiger partial charge in [0, 0.05) is 63.2 Å². The van der Waals surface area contributed by atoms with Gasteiger partial charge in [-0.1, -0.05) is 0 Å². The van der Waals surface area contributed by atoms with Gasteiger partial charge in [0.15, 0.2) is 0 Å². The number of nitrogens with zero attached hydrogens (tertiary/aromatic N) is 6. The van der Waals surface area contributed by atoms with Gasteiger partial charge in [0.1, 0.15) is 22.8 Å². The highest BCUT2D eigenvalue weighted by Crippen LogP contribution is 2.44. The number of aliphatic hydroxyl groups excluding tert-OH is 1. The van der Waals surface area contributed by atoms with Gasteiger partial charge in [-0.3, -0.25) is 4.90 Å². The minimum absolute atomic E-state index is 0.205. The van der Waals surface area contributed by atoms with Gasteiger partial charge in [0.05, 0.1) is 42.2 Å². The average Bonchev–Trinajstić information content (AvgIpc) is 3.23. The van der Waals surface area contributed by atoms with E-state index in [4.69, 9.17) is 24.4 Å². The van der Waals surface area contributed by atoms with Crippen LogP contribution >= 0.6 is 11.3 Å². The van der Waals surface area contributed by atoms with Crippen LogP contribution in [0.2, 0.25) is 0 Å². The first-order chi connectivity index (χ1) is 16.5. The fourth-order valence-corrected chi connectivity index (χ4v) is 6.54. The van der Waals surface area contributed by atoms with Crippen molar-refractivity contribution in [3.05, 3.63) is 17.5 Å². The van der Waals surface area contributed by atoms with E-state index in [1.165, 1.54) is 16.5 Å². The molecule has 2 saturated heterocycles. The summed E-state index contributed by atoms with van der Waals surface area (Å²) in [6.45, 7) is 12.6. The summed E-state index contributed by atoms with van der Waals surface area (Å²) in [5.74, 6) is 2.05. The summed E-state index contributed by atoms with van der Waals surface area (Å²) in [4.78, 5) is 22.8. The lowest BCUT2D eigenvalue weighted by molar-refractivity contribution is -0.0396. The van der Waals surface area contributed by atoms with Crippen molar-refractivity contribution < 1.29 is 14.6 Å². The van der Waals surface area contributed by atoms with Gasteiger partial charge in [0.25, 0.3) is 0 Å². The summed E-state index contributed by atoms with van der Waals surface area (Å²) in [6.07, 6.45) is 2.54. The van der Waals surface area contributed by atoms with Crippen molar-refractivity contribution in [2.45, 2.75) is 32.5 Å². The van der Waals surface area contributed by atoms with Gasteiger partial charge in [0.2, 0.25) is 0 Å². The van der Waals surface area contributed by atoms with Crippen molar-refractivity contribution in [2.24, 2.45) is 0 Å². The van der Waals surface area contributed by atoms with Crippen LogP contribution in [0.5, 0.6) is 0 Å². The lowest BCUT2D eigenvalue weighted by Gasteiger charge is -2.36. The molecular weight excluding hydrogens is 452 g/mol. The summed E-state index contributed by atoms with van der Waals surface area (Å²) >= 11 is 1.71. The Hall–Kier alpha value is -2.11. The summed E-state index contributed by atoms with van der Waals surface area (Å²) in [7, 11) is 0. The molecule has 9 nitrogen and oxygen atoms in total. The Labute approximate surface area is 203 Å². The molecule has 182 valence electrons. The summed E-state index contributed by atoms with van der Waals surface area (Å²) in [5.41, 5.74) is 3.31. The van der Waals surface area contributed by atoms with Gasteiger partial charge in [-0.05, 0) is 19.4 Å². The van der Waals surface area contributed by atoms with E-state index >= 15 is 0 Å². The lowest BCUT2D eigenvalue weighted by atomic mass is 9.90. The normalized spacial score (nSPS) is 21.4. The van der Waals surface area contributed by atoms with Crippen molar-refractivity contribution in [2.75, 3.05) is 75.4 Å². The van der Waals surface area contributed by atoms with E-state index in [1.807, 2.05) is 0 Å². The smallest absolute Gasteiger partial charge is 0.150 e. The molecule has 6 rings (SSSR count). The molecule has 34 heavy (non-hydrogen) atoms. The standard InChI is InChI=1S/C24H32N6O3S/c1-24(2)13-16-17(14-33-24)21(30-8-11-32-12-9-30)27-23-18(16)19-20(34-23)22(26-15-25-19)29-5-3-28(4-6-29)7-10-31/h15,31H,3-14H2,1-2H3. The predicted octanol–water partition coefficient (Wildman–Crippen LogP) is 2.04. The highest BCUT2D eigenvalue weighted by Gasteiger charge is 2.34. The van der Waals surface area contributed by atoms with Crippen molar-refractivity contribution in [1.82, 2.24) is 19.9 Å². The quantitative estimate of drug-likeness (QED) is 0.598. The summed E-state index contributed by atoms with van der Waals surface area (Å²) in [6, 6.07) is 0. The lowest BCUT2D eigenvalue weighted by Crippen LogP contribution is -2.47. The number of β-amino-alcohol motifs (C(OH)–C–C–N with tert-alkyl or cyclic N) is 1. The molecule has 3 aliphatic heterocycles. The number of aromatic nitrogens is 3. The van der Waals surface area contributed by atoms with Crippen molar-refractivity contribution in [3.8, 4) is 0 Å². The van der Waals surface area contributed by atoms with Crippen LogP contribution in [0, 0.1) is 0 Å². The van der Waals surface area contributed by atoms with Crippen LogP contribution in [0.3, 0.4) is 0 Å². The zero-order chi connectivity index (χ0) is 23.3. The second kappa shape index (κ2) is 8.83. The number of aliphatic hydroxyl groups is 1. The maximum Gasteiger partial charge on any atom is 0.150 e. The zero-order valence-electron chi connectivity index (χ0n) is 19.9. The number of ether oxygens (including phenoxy) is 2. The van der Waals surface area contributed by atoms with Crippen molar-refractivity contribution >= 4 is 43.4 Å². The van der Waals surface area contributed by atoms with Gasteiger partial charge in [-0.25, -0.2) is 15.0 Å². The van der Waals surface area contributed by atoms with E-state index in [1.54, 1.807) is 17.7 Å². The first kappa shape index (κ1) is 22.4. The molecule has 3 aromatic heterocycles. The summed E-state index contributed by atoms with van der Waals surface area (Å²) < 4.78 is 13.0. The molecule has 0 bridgehead atoms. The third-order valence-corrected chi connectivity index (χ3v) is 8.26. The van der Waals surface area contributed by atoms with Gasteiger partial charge in [-0.2, -0.15) is 0 Å². The van der Waals surface area contributed by atoms with E-state index in [2.05, 4.69) is 28.5 Å². The molecule has 0 aliphatic carbocycles. The number of pyridine rings is 1. The highest BCUT2D eigenvalue weighted by atomic mass is 32.1. The second-order valence-corrected chi connectivity index (χ2v) is 10.9. The minimum Gasteiger partial charge on any atom is -0.395 e. The number of fused-ring (bicyclic) bond motifs is 5. The monoisotopic (exact) mass is 484 g/mol. The Balaban J connectivity index is 1.48. The average molecular weight is 485 g/mol. The van der Waals surface area contributed by atoms with Gasteiger partial charge >= 0.3 is 0 Å². The second-order valence-electron chi connectivity index (χ2n) is 9.93. The third kappa shape index (κ3) is 3.91. The molecule has 0 unspecified atom stereocenters. The molecule has 0 aromatic carbocycles. The maximum atomic E-state index is 9.27. The van der Waals surface area contributed by atoms with E-state index in [0.29, 0.717) is 6.61 Å². The van der Waals surface area contributed by atoms with E-state index < -0.39 is 0 Å². The number of thiophene rings is 1. The van der Waals surface area contributed by atoms with Crippen LogP contribution in [-0.4, -0.2) is 96.2 Å². The largest absolute Gasteiger partial charge is 0.395 e. The van der Waals surface area contributed by atoms with Crippen LogP contribution in [0.15, 0.2) is 6.33 Å². The first-order valence-electron chi connectivity index (χ1n) is 12.2. The van der Waals surface area contributed by atoms with Crippen LogP contribution in [0.4, 0.5) is 11.6 Å². The number of hydrogen-bond acceptors (Lipinski definition) is 10. The molecule has 0 atom stereocenters. The van der Waals surface area contributed by atoms with Crippen molar-refractivity contribution in [1.29, 1.82) is 0 Å². The van der Waals surface area contributed by atoms with E-state index in [0.717, 1.165) is 92.1 Å². The predicted molar refractivity (Wildman–Crippen MR) is 134 cm³/mol. The molecule has 1 N–H and O–H groups in total. The molecular formula is C24H32N6O3S. The molecule has 3 aliphatic rings. The molecule has 10 heteroatoms. The fourth-order valence-electron chi connectivity index (χ4n) is 5.36. The number of piperazine rings is 1. The van der Waals surface area contributed by atoms with E-state index in [-0.39, 0.29) is 12.2 Å². The minimum atomic E-state index is -0.225. The van der Waals surface area contributed by atoms with Crippen LogP contribution in [-0.2, 0) is 22.5 Å². The Kier molecular flexibility index (Phi) is 5.81. The Morgan fingerprint density at radius 1 is 1.00 bits per heavy atom. The zero-order valence-corrected chi connectivity index (χ0v) is 20.7. The number of anilines is 2. The molecule has 0 amide bonds. The molecule has 2 fully saturated rings. The number of rotatable bonds is 4. The first-order valence-corrected chi connectivity index (χ1v) is 13.0. The molecule has 0 radical (unpaired) electrons. The third-order valence-electron chi connectivity index (χ3n) is 7.19. The molecule has 3 aromatic rings.